The summed E-state index contributed by atoms with van der Waals surface area (Å²) in [6, 6.07) is 3.92. The number of rotatable bonds is 1. The number of amides is 1. The summed E-state index contributed by atoms with van der Waals surface area (Å²) >= 11 is 1.79. The number of carbonyl (C=O) groups is 1. The molecule has 0 aromatic heterocycles. The van der Waals surface area contributed by atoms with Crippen molar-refractivity contribution in [1.29, 1.82) is 0 Å². The second-order valence-corrected chi connectivity index (χ2v) is 5.12. The first-order chi connectivity index (χ1) is 8.20. The zero-order valence-electron chi connectivity index (χ0n) is 9.36. The number of thioether (sulfide) groups is 1. The van der Waals surface area contributed by atoms with E-state index in [0.29, 0.717) is 13.1 Å². The smallest absolute Gasteiger partial charge is 0.260 e. The van der Waals surface area contributed by atoms with Gasteiger partial charge in [0.2, 0.25) is 0 Å². The lowest BCUT2D eigenvalue weighted by molar-refractivity contribution is 0.0760. The number of phenolic OH excluding ortho intramolecular Hbond substituents is 1. The minimum atomic E-state index is -0.660. The molecule has 92 valence electrons. The average molecular weight is 255 g/mol. The maximum atomic E-state index is 13.5. The summed E-state index contributed by atoms with van der Waals surface area (Å²) in [6.45, 7) is 1.23. The lowest BCUT2D eigenvalue weighted by Crippen LogP contribution is -2.33. The Kier molecular flexibility index (Phi) is 3.89. The topological polar surface area (TPSA) is 40.5 Å². The lowest BCUT2D eigenvalue weighted by atomic mass is 10.1. The Balaban J connectivity index is 2.23. The second-order valence-electron chi connectivity index (χ2n) is 3.89. The van der Waals surface area contributed by atoms with Gasteiger partial charge in [-0.3, -0.25) is 4.79 Å². The molecule has 3 nitrogen and oxygen atoms in total. The van der Waals surface area contributed by atoms with Gasteiger partial charge in [0.25, 0.3) is 5.91 Å². The van der Waals surface area contributed by atoms with E-state index in [2.05, 4.69) is 0 Å². The van der Waals surface area contributed by atoms with E-state index < -0.39 is 11.7 Å². The predicted molar refractivity (Wildman–Crippen MR) is 65.9 cm³/mol. The summed E-state index contributed by atoms with van der Waals surface area (Å²) in [5.41, 5.74) is -0.209. The van der Waals surface area contributed by atoms with E-state index >= 15 is 0 Å². The van der Waals surface area contributed by atoms with Gasteiger partial charge in [-0.1, -0.05) is 6.07 Å². The average Bonchev–Trinajstić information content (AvgIpc) is 2.57. The molecule has 0 atom stereocenters. The van der Waals surface area contributed by atoms with Crippen LogP contribution in [0.15, 0.2) is 18.2 Å². The van der Waals surface area contributed by atoms with E-state index in [9.17, 15) is 14.3 Å². The third-order valence-corrected chi connectivity index (χ3v) is 3.76. The van der Waals surface area contributed by atoms with E-state index in [1.165, 1.54) is 18.2 Å². The number of aromatic hydroxyl groups is 1. The molecule has 1 aliphatic heterocycles. The highest BCUT2D eigenvalue weighted by Crippen LogP contribution is 2.23. The second kappa shape index (κ2) is 5.40. The van der Waals surface area contributed by atoms with E-state index in [-0.39, 0.29) is 11.3 Å². The fraction of sp³-hybridized carbons (Fsp3) is 0.417. The standard InChI is InChI=1S/C12H14FNO2S/c13-9-3-1-4-10(15)11(9)12(16)14-5-2-7-17-8-6-14/h1,3-4,15H,2,5-8H2. The third kappa shape index (κ3) is 2.72. The quantitative estimate of drug-likeness (QED) is 0.835. The Hall–Kier alpha value is -1.23. The Morgan fingerprint density at radius 1 is 1.35 bits per heavy atom. The molecule has 0 radical (unpaired) electrons. The number of hydrogen-bond donors (Lipinski definition) is 1. The van der Waals surface area contributed by atoms with Crippen LogP contribution in [0.2, 0.25) is 0 Å². The third-order valence-electron chi connectivity index (χ3n) is 2.71. The molecule has 1 aromatic rings. The van der Waals surface area contributed by atoms with Crippen molar-refractivity contribution < 1.29 is 14.3 Å². The highest BCUT2D eigenvalue weighted by molar-refractivity contribution is 7.99. The molecular weight excluding hydrogens is 241 g/mol. The Bertz CT molecular complexity index is 397. The van der Waals surface area contributed by atoms with Gasteiger partial charge in [0, 0.05) is 18.8 Å². The van der Waals surface area contributed by atoms with Crippen molar-refractivity contribution in [3.8, 4) is 5.75 Å². The largest absolute Gasteiger partial charge is 0.507 e. The molecular formula is C12H14FNO2S. The first-order valence-electron chi connectivity index (χ1n) is 5.54. The first-order valence-corrected chi connectivity index (χ1v) is 6.70. The van der Waals surface area contributed by atoms with Crippen LogP contribution in [-0.4, -0.2) is 40.5 Å². The number of hydrogen-bond acceptors (Lipinski definition) is 3. The summed E-state index contributed by atoms with van der Waals surface area (Å²) < 4.78 is 13.5. The van der Waals surface area contributed by atoms with Gasteiger partial charge in [-0.2, -0.15) is 11.8 Å². The minimum absolute atomic E-state index is 0.209. The maximum absolute atomic E-state index is 13.5. The van der Waals surface area contributed by atoms with Gasteiger partial charge in [0.15, 0.2) is 0 Å². The van der Waals surface area contributed by atoms with Crippen molar-refractivity contribution in [2.45, 2.75) is 6.42 Å². The molecule has 17 heavy (non-hydrogen) atoms. The van der Waals surface area contributed by atoms with E-state index in [1.807, 2.05) is 0 Å². The maximum Gasteiger partial charge on any atom is 0.260 e. The fourth-order valence-corrected chi connectivity index (χ4v) is 2.72. The van der Waals surface area contributed by atoms with Gasteiger partial charge in [-0.25, -0.2) is 4.39 Å². The van der Waals surface area contributed by atoms with Gasteiger partial charge in [-0.15, -0.1) is 0 Å². The van der Waals surface area contributed by atoms with Crippen LogP contribution in [0.3, 0.4) is 0 Å². The summed E-state index contributed by atoms with van der Waals surface area (Å²) in [4.78, 5) is 13.7. The molecule has 2 rings (SSSR count). The monoisotopic (exact) mass is 255 g/mol. The predicted octanol–water partition coefficient (Wildman–Crippen LogP) is 2.11. The fourth-order valence-electron chi connectivity index (χ4n) is 1.83. The molecule has 1 fully saturated rings. The van der Waals surface area contributed by atoms with Crippen LogP contribution in [0, 0.1) is 5.82 Å². The van der Waals surface area contributed by atoms with Gasteiger partial charge in [0.05, 0.1) is 0 Å². The van der Waals surface area contributed by atoms with E-state index in [1.54, 1.807) is 16.7 Å². The molecule has 0 bridgehead atoms. The van der Waals surface area contributed by atoms with Crippen molar-refractivity contribution >= 4 is 17.7 Å². The highest BCUT2D eigenvalue weighted by Gasteiger charge is 2.23. The lowest BCUT2D eigenvalue weighted by Gasteiger charge is -2.20. The van der Waals surface area contributed by atoms with Crippen molar-refractivity contribution in [3.63, 3.8) is 0 Å². The number of nitrogens with zero attached hydrogens (tertiary/aromatic N) is 1. The van der Waals surface area contributed by atoms with Crippen LogP contribution in [0.4, 0.5) is 4.39 Å². The molecule has 1 amide bonds. The summed E-state index contributed by atoms with van der Waals surface area (Å²) in [6.07, 6.45) is 0.908. The zero-order chi connectivity index (χ0) is 12.3. The molecule has 1 N–H and O–H groups in total. The molecule has 1 heterocycles. The summed E-state index contributed by atoms with van der Waals surface area (Å²) in [7, 11) is 0. The molecule has 0 unspecified atom stereocenters. The van der Waals surface area contributed by atoms with Crippen LogP contribution >= 0.6 is 11.8 Å². The van der Waals surface area contributed by atoms with Gasteiger partial charge in [0.1, 0.15) is 17.1 Å². The van der Waals surface area contributed by atoms with E-state index in [4.69, 9.17) is 0 Å². The van der Waals surface area contributed by atoms with Crippen LogP contribution in [-0.2, 0) is 0 Å². The molecule has 0 saturated carbocycles. The normalized spacial score (nSPS) is 16.6. The molecule has 1 aliphatic rings. The minimum Gasteiger partial charge on any atom is -0.507 e. The van der Waals surface area contributed by atoms with Crippen LogP contribution in [0.25, 0.3) is 0 Å². The van der Waals surface area contributed by atoms with E-state index in [0.717, 1.165) is 17.9 Å². The highest BCUT2D eigenvalue weighted by atomic mass is 32.2. The SMILES string of the molecule is O=C(c1c(O)cccc1F)N1CCCSCC1. The number of phenols is 1. The first kappa shape index (κ1) is 12.2. The van der Waals surface area contributed by atoms with Crippen molar-refractivity contribution in [2.24, 2.45) is 0 Å². The number of benzene rings is 1. The van der Waals surface area contributed by atoms with Crippen molar-refractivity contribution in [1.82, 2.24) is 4.90 Å². The molecule has 1 aromatic carbocycles. The van der Waals surface area contributed by atoms with Crippen LogP contribution < -0.4 is 0 Å². The molecule has 0 spiro atoms. The Morgan fingerprint density at radius 3 is 2.94 bits per heavy atom. The van der Waals surface area contributed by atoms with Gasteiger partial charge < -0.3 is 10.0 Å². The van der Waals surface area contributed by atoms with Crippen LogP contribution in [0.5, 0.6) is 5.75 Å². The van der Waals surface area contributed by atoms with Gasteiger partial charge >= 0.3 is 0 Å². The number of halogens is 1. The molecule has 5 heteroatoms. The number of carbonyl (C=O) groups excluding carboxylic acids is 1. The molecule has 0 aliphatic carbocycles. The Labute approximate surface area is 104 Å². The van der Waals surface area contributed by atoms with Crippen LogP contribution in [0.1, 0.15) is 16.8 Å². The molecule has 1 saturated heterocycles. The summed E-state index contributed by atoms with van der Waals surface area (Å²) in [5.74, 6) is 0.524. The van der Waals surface area contributed by atoms with Crippen molar-refractivity contribution in [3.05, 3.63) is 29.6 Å². The van der Waals surface area contributed by atoms with Gasteiger partial charge in [-0.05, 0) is 24.3 Å². The zero-order valence-corrected chi connectivity index (χ0v) is 10.2. The van der Waals surface area contributed by atoms with Crippen molar-refractivity contribution in [2.75, 3.05) is 24.6 Å². The Morgan fingerprint density at radius 2 is 2.18 bits per heavy atom. The summed E-state index contributed by atoms with van der Waals surface area (Å²) in [5, 5.41) is 9.57.